The topological polar surface area (TPSA) is 40.5 Å². The Morgan fingerprint density at radius 2 is 2.00 bits per heavy atom. The van der Waals surface area contributed by atoms with E-state index in [0.717, 1.165) is 50.5 Å². The first-order valence-corrected chi connectivity index (χ1v) is 11.8. The number of rotatable bonds is 16. The third-order valence-electron chi connectivity index (χ3n) is 5.94. The fourth-order valence-electron chi connectivity index (χ4n) is 4.03. The summed E-state index contributed by atoms with van der Waals surface area (Å²) < 4.78 is 0. The van der Waals surface area contributed by atoms with Gasteiger partial charge in [-0.2, -0.15) is 0 Å². The lowest BCUT2D eigenvalue weighted by molar-refractivity contribution is 0.112. The molecule has 1 rings (SSSR count). The Kier molecular flexibility index (Phi) is 12.9. The second kappa shape index (κ2) is 14.9. The van der Waals surface area contributed by atoms with E-state index in [4.69, 9.17) is 0 Å². The summed E-state index contributed by atoms with van der Waals surface area (Å²) in [4.78, 5) is 14.0. The van der Waals surface area contributed by atoms with E-state index in [1.54, 1.807) is 6.92 Å². The Labute approximate surface area is 184 Å². The van der Waals surface area contributed by atoms with Gasteiger partial charge in [0.2, 0.25) is 0 Å². The highest BCUT2D eigenvalue weighted by Crippen LogP contribution is 2.30. The number of aliphatic hydroxyl groups is 1. The SMILES string of the molecule is C=CCC(C)N(CCCC/C=C(\C)O)c1cc(C=O)ccc1CC(CC)CCCC. The molecule has 2 atom stereocenters. The second-order valence-corrected chi connectivity index (χ2v) is 8.53. The van der Waals surface area contributed by atoms with Crippen LogP contribution in [0.3, 0.4) is 0 Å². The van der Waals surface area contributed by atoms with Crippen molar-refractivity contribution in [3.8, 4) is 0 Å². The summed E-state index contributed by atoms with van der Waals surface area (Å²) in [6.45, 7) is 13.4. The van der Waals surface area contributed by atoms with Crippen LogP contribution in [-0.4, -0.2) is 24.0 Å². The van der Waals surface area contributed by atoms with Gasteiger partial charge in [0, 0.05) is 23.8 Å². The van der Waals surface area contributed by atoms with Crippen molar-refractivity contribution in [1.82, 2.24) is 0 Å². The number of carbonyl (C=O) groups excluding carboxylic acids is 1. The number of carbonyl (C=O) groups is 1. The maximum Gasteiger partial charge on any atom is 0.150 e. The molecule has 2 unspecified atom stereocenters. The fraction of sp³-hybridized carbons (Fsp3) is 0.593. The molecule has 168 valence electrons. The fourth-order valence-corrected chi connectivity index (χ4v) is 4.03. The lowest BCUT2D eigenvalue weighted by Gasteiger charge is -2.34. The number of benzene rings is 1. The van der Waals surface area contributed by atoms with Gasteiger partial charge in [-0.1, -0.05) is 57.7 Å². The zero-order valence-corrected chi connectivity index (χ0v) is 19.7. The van der Waals surface area contributed by atoms with Crippen molar-refractivity contribution < 1.29 is 9.90 Å². The Hall–Kier alpha value is -2.03. The standard InChI is InChI=1S/C27H43NO2/c1-6-9-15-24(8-3)19-26-17-16-25(21-29)20-27(26)28(22(4)13-7-2)18-12-10-11-14-23(5)30/h7,14,16-17,20-22,24,30H,2,6,8-13,15,18-19H2,1,3-5H3/b23-14+. The summed E-state index contributed by atoms with van der Waals surface area (Å²) in [6.07, 6.45) is 14.7. The highest BCUT2D eigenvalue weighted by molar-refractivity contribution is 5.78. The Bertz CT molecular complexity index is 661. The molecule has 1 aromatic carbocycles. The van der Waals surface area contributed by atoms with Gasteiger partial charge in [-0.25, -0.2) is 0 Å². The van der Waals surface area contributed by atoms with Crippen LogP contribution in [0.1, 0.15) is 95.0 Å². The van der Waals surface area contributed by atoms with Crippen LogP contribution in [0, 0.1) is 5.92 Å². The monoisotopic (exact) mass is 413 g/mol. The predicted octanol–water partition coefficient (Wildman–Crippen LogP) is 7.66. The van der Waals surface area contributed by atoms with Crippen molar-refractivity contribution >= 4 is 12.0 Å². The summed E-state index contributed by atoms with van der Waals surface area (Å²) in [5.41, 5.74) is 3.30. The lowest BCUT2D eigenvalue weighted by atomic mass is 9.90. The molecule has 30 heavy (non-hydrogen) atoms. The van der Waals surface area contributed by atoms with E-state index in [2.05, 4.69) is 44.4 Å². The zero-order chi connectivity index (χ0) is 22.4. The molecule has 0 saturated heterocycles. The molecule has 1 N–H and O–H groups in total. The van der Waals surface area contributed by atoms with Gasteiger partial charge in [-0.15, -0.1) is 6.58 Å². The third kappa shape index (κ3) is 9.19. The minimum Gasteiger partial charge on any atom is -0.513 e. The van der Waals surface area contributed by atoms with Crippen LogP contribution in [0.25, 0.3) is 0 Å². The molecule has 3 nitrogen and oxygen atoms in total. The van der Waals surface area contributed by atoms with Gasteiger partial charge in [-0.05, 0) is 69.6 Å². The number of aldehydes is 1. The van der Waals surface area contributed by atoms with Crippen molar-refractivity contribution in [1.29, 1.82) is 0 Å². The maximum atomic E-state index is 11.5. The average Bonchev–Trinajstić information content (AvgIpc) is 2.73. The Morgan fingerprint density at radius 3 is 2.60 bits per heavy atom. The molecule has 0 bridgehead atoms. The molecule has 3 heteroatoms. The van der Waals surface area contributed by atoms with Gasteiger partial charge in [0.25, 0.3) is 0 Å². The van der Waals surface area contributed by atoms with Crippen molar-refractivity contribution in [2.45, 2.75) is 91.5 Å². The number of anilines is 1. The highest BCUT2D eigenvalue weighted by atomic mass is 16.3. The number of allylic oxidation sites excluding steroid dienone is 2. The number of aliphatic hydroxyl groups excluding tert-OH is 1. The molecule has 0 saturated carbocycles. The smallest absolute Gasteiger partial charge is 0.150 e. The van der Waals surface area contributed by atoms with E-state index in [0.29, 0.717) is 17.7 Å². The number of unbranched alkanes of at least 4 members (excludes halogenated alkanes) is 3. The van der Waals surface area contributed by atoms with Gasteiger partial charge < -0.3 is 10.0 Å². The van der Waals surface area contributed by atoms with Gasteiger partial charge in [0.1, 0.15) is 6.29 Å². The molecule has 0 amide bonds. The highest BCUT2D eigenvalue weighted by Gasteiger charge is 2.19. The van der Waals surface area contributed by atoms with E-state index in [1.807, 2.05) is 18.2 Å². The zero-order valence-electron chi connectivity index (χ0n) is 19.7. The van der Waals surface area contributed by atoms with Crippen LogP contribution in [0.5, 0.6) is 0 Å². The van der Waals surface area contributed by atoms with Crippen molar-refractivity contribution in [2.75, 3.05) is 11.4 Å². The molecule has 0 aromatic heterocycles. The molecule has 0 aliphatic rings. The van der Waals surface area contributed by atoms with Gasteiger partial charge in [0.15, 0.2) is 0 Å². The first kappa shape index (κ1) is 26.0. The average molecular weight is 414 g/mol. The molecule has 0 radical (unpaired) electrons. The van der Waals surface area contributed by atoms with E-state index >= 15 is 0 Å². The Balaban J connectivity index is 3.12. The van der Waals surface area contributed by atoms with Crippen LogP contribution >= 0.6 is 0 Å². The third-order valence-corrected chi connectivity index (χ3v) is 5.94. The van der Waals surface area contributed by atoms with E-state index in [1.165, 1.54) is 36.9 Å². The van der Waals surface area contributed by atoms with Crippen molar-refractivity contribution in [3.05, 3.63) is 53.8 Å². The molecule has 0 aliphatic carbocycles. The van der Waals surface area contributed by atoms with Crippen molar-refractivity contribution in [3.63, 3.8) is 0 Å². The van der Waals surface area contributed by atoms with Crippen LogP contribution in [0.4, 0.5) is 5.69 Å². The van der Waals surface area contributed by atoms with Crippen LogP contribution in [0.2, 0.25) is 0 Å². The summed E-state index contributed by atoms with van der Waals surface area (Å²) in [5, 5.41) is 9.37. The van der Waals surface area contributed by atoms with Gasteiger partial charge in [-0.3, -0.25) is 4.79 Å². The summed E-state index contributed by atoms with van der Waals surface area (Å²) in [6, 6.07) is 6.53. The lowest BCUT2D eigenvalue weighted by Crippen LogP contribution is -2.34. The molecule has 0 heterocycles. The summed E-state index contributed by atoms with van der Waals surface area (Å²) in [7, 11) is 0. The van der Waals surface area contributed by atoms with E-state index in [-0.39, 0.29) is 0 Å². The molecule has 0 aliphatic heterocycles. The van der Waals surface area contributed by atoms with Crippen molar-refractivity contribution in [2.24, 2.45) is 5.92 Å². The minimum atomic E-state index is 0.328. The molecule has 0 fully saturated rings. The molecule has 0 spiro atoms. The minimum absolute atomic E-state index is 0.328. The molecule has 1 aromatic rings. The molecular weight excluding hydrogens is 370 g/mol. The predicted molar refractivity (Wildman–Crippen MR) is 131 cm³/mol. The number of hydrogen-bond acceptors (Lipinski definition) is 3. The maximum absolute atomic E-state index is 11.5. The largest absolute Gasteiger partial charge is 0.513 e. The first-order valence-electron chi connectivity index (χ1n) is 11.8. The second-order valence-electron chi connectivity index (χ2n) is 8.53. The number of hydrogen-bond donors (Lipinski definition) is 1. The van der Waals surface area contributed by atoms with Crippen LogP contribution in [0.15, 0.2) is 42.7 Å². The van der Waals surface area contributed by atoms with Crippen LogP contribution < -0.4 is 4.90 Å². The summed E-state index contributed by atoms with van der Waals surface area (Å²) >= 11 is 0. The van der Waals surface area contributed by atoms with E-state index < -0.39 is 0 Å². The van der Waals surface area contributed by atoms with Gasteiger partial charge in [0.05, 0.1) is 5.76 Å². The van der Waals surface area contributed by atoms with Gasteiger partial charge >= 0.3 is 0 Å². The summed E-state index contributed by atoms with van der Waals surface area (Å²) in [5.74, 6) is 1.07. The first-order chi connectivity index (χ1) is 14.5. The molecular formula is C27H43NO2. The number of nitrogens with zero attached hydrogens (tertiary/aromatic N) is 1. The normalized spacial score (nSPS) is 13.7. The Morgan fingerprint density at radius 1 is 1.23 bits per heavy atom. The van der Waals surface area contributed by atoms with Crippen LogP contribution in [-0.2, 0) is 6.42 Å². The van der Waals surface area contributed by atoms with E-state index in [9.17, 15) is 9.90 Å². The quantitative estimate of drug-likeness (QED) is 0.131.